The molecule has 0 saturated carbocycles. The van der Waals surface area contributed by atoms with Crippen LogP contribution in [0, 0.1) is 11.7 Å². The number of benzene rings is 1. The average Bonchev–Trinajstić information content (AvgIpc) is 2.15. The van der Waals surface area contributed by atoms with E-state index in [0.29, 0.717) is 12.0 Å². The van der Waals surface area contributed by atoms with E-state index < -0.39 is 0 Å². The second kappa shape index (κ2) is 6.50. The van der Waals surface area contributed by atoms with Crippen molar-refractivity contribution in [1.29, 1.82) is 0 Å². The van der Waals surface area contributed by atoms with Crippen LogP contribution in [0.5, 0.6) is 0 Å². The fourth-order valence-electron chi connectivity index (χ4n) is 2.14. The zero-order chi connectivity index (χ0) is 13.0. The maximum atomic E-state index is 13.0. The van der Waals surface area contributed by atoms with Crippen LogP contribution >= 0.6 is 15.9 Å². The van der Waals surface area contributed by atoms with E-state index in [0.717, 1.165) is 16.5 Å². The zero-order valence-corrected chi connectivity index (χ0v) is 12.5. The van der Waals surface area contributed by atoms with Crippen molar-refractivity contribution in [1.82, 2.24) is 5.32 Å². The van der Waals surface area contributed by atoms with Gasteiger partial charge in [0.05, 0.1) is 0 Å². The van der Waals surface area contributed by atoms with Crippen molar-refractivity contribution in [3.8, 4) is 0 Å². The van der Waals surface area contributed by atoms with Crippen molar-refractivity contribution in [3.05, 3.63) is 34.1 Å². The van der Waals surface area contributed by atoms with Gasteiger partial charge in [0.1, 0.15) is 5.82 Å². The van der Waals surface area contributed by atoms with E-state index in [2.05, 4.69) is 48.9 Å². The summed E-state index contributed by atoms with van der Waals surface area (Å²) in [4.78, 5) is 0. The number of nitrogens with one attached hydrogen (secondary N) is 1. The molecular formula is C14H21BrFN. The van der Waals surface area contributed by atoms with Gasteiger partial charge in [-0.15, -0.1) is 0 Å². The van der Waals surface area contributed by atoms with E-state index in [-0.39, 0.29) is 11.9 Å². The lowest BCUT2D eigenvalue weighted by atomic mass is 10.0. The Morgan fingerprint density at radius 3 is 2.41 bits per heavy atom. The minimum absolute atomic E-state index is 0.206. The van der Waals surface area contributed by atoms with Gasteiger partial charge in [-0.1, -0.05) is 35.8 Å². The molecule has 0 amide bonds. The summed E-state index contributed by atoms with van der Waals surface area (Å²) in [5, 5.41) is 3.54. The quantitative estimate of drug-likeness (QED) is 0.833. The Hall–Kier alpha value is -0.410. The van der Waals surface area contributed by atoms with Gasteiger partial charge in [0.25, 0.3) is 0 Å². The van der Waals surface area contributed by atoms with Crippen LogP contribution in [-0.2, 0) is 0 Å². The van der Waals surface area contributed by atoms with E-state index in [9.17, 15) is 4.39 Å². The zero-order valence-electron chi connectivity index (χ0n) is 10.9. The lowest BCUT2D eigenvalue weighted by molar-refractivity contribution is 0.406. The van der Waals surface area contributed by atoms with Gasteiger partial charge in [-0.05, 0) is 43.9 Å². The van der Waals surface area contributed by atoms with Crippen molar-refractivity contribution < 1.29 is 4.39 Å². The van der Waals surface area contributed by atoms with Crippen LogP contribution in [-0.4, -0.2) is 6.04 Å². The molecule has 0 aliphatic rings. The third kappa shape index (κ3) is 4.76. The summed E-state index contributed by atoms with van der Waals surface area (Å²) in [7, 11) is 0. The normalized spacial score (nSPS) is 15.0. The topological polar surface area (TPSA) is 12.0 Å². The molecule has 1 aromatic rings. The summed E-state index contributed by atoms with van der Waals surface area (Å²) in [5.41, 5.74) is 1.10. The molecule has 0 aliphatic carbocycles. The highest BCUT2D eigenvalue weighted by molar-refractivity contribution is 9.10. The Morgan fingerprint density at radius 1 is 1.24 bits per heavy atom. The van der Waals surface area contributed by atoms with Gasteiger partial charge >= 0.3 is 0 Å². The maximum absolute atomic E-state index is 13.0. The molecule has 0 saturated heterocycles. The molecule has 0 heterocycles. The van der Waals surface area contributed by atoms with E-state index in [1.165, 1.54) is 12.1 Å². The summed E-state index contributed by atoms with van der Waals surface area (Å²) < 4.78 is 13.8. The highest BCUT2D eigenvalue weighted by Crippen LogP contribution is 2.24. The van der Waals surface area contributed by atoms with Crippen molar-refractivity contribution in [2.24, 2.45) is 5.92 Å². The van der Waals surface area contributed by atoms with Crippen LogP contribution in [0.1, 0.15) is 45.7 Å². The Bertz CT molecular complexity index is 365. The molecule has 3 heteroatoms. The second-order valence-corrected chi connectivity index (χ2v) is 5.94. The first kappa shape index (κ1) is 14.7. The number of hydrogen-bond acceptors (Lipinski definition) is 1. The number of rotatable bonds is 5. The van der Waals surface area contributed by atoms with Gasteiger partial charge in [0.15, 0.2) is 0 Å². The number of hydrogen-bond donors (Lipinski definition) is 1. The molecule has 2 unspecified atom stereocenters. The second-order valence-electron chi connectivity index (χ2n) is 5.08. The van der Waals surface area contributed by atoms with E-state index in [4.69, 9.17) is 0 Å². The molecule has 1 aromatic carbocycles. The van der Waals surface area contributed by atoms with Crippen molar-refractivity contribution in [2.45, 2.75) is 46.2 Å². The standard InChI is InChI=1S/C14H21BrFN/c1-9(2)7-10(3)17-11(4)13-6-5-12(16)8-14(13)15/h5-6,8-11,17H,7H2,1-4H3. The Kier molecular flexibility index (Phi) is 5.60. The first-order chi connectivity index (χ1) is 7.90. The molecule has 0 fully saturated rings. The molecular weight excluding hydrogens is 281 g/mol. The molecule has 2 atom stereocenters. The van der Waals surface area contributed by atoms with Gasteiger partial charge in [-0.25, -0.2) is 4.39 Å². The molecule has 17 heavy (non-hydrogen) atoms. The highest BCUT2D eigenvalue weighted by Gasteiger charge is 2.13. The third-order valence-corrected chi connectivity index (χ3v) is 3.48. The molecule has 1 nitrogen and oxygen atoms in total. The average molecular weight is 302 g/mol. The van der Waals surface area contributed by atoms with Crippen LogP contribution in [0.4, 0.5) is 4.39 Å². The molecule has 0 aliphatic heterocycles. The highest BCUT2D eigenvalue weighted by atomic mass is 79.9. The van der Waals surface area contributed by atoms with Gasteiger partial charge < -0.3 is 5.32 Å². The Balaban J connectivity index is 2.66. The van der Waals surface area contributed by atoms with Crippen molar-refractivity contribution >= 4 is 15.9 Å². The third-order valence-electron chi connectivity index (χ3n) is 2.79. The molecule has 0 bridgehead atoms. The maximum Gasteiger partial charge on any atom is 0.124 e. The molecule has 1 N–H and O–H groups in total. The summed E-state index contributed by atoms with van der Waals surface area (Å²) in [5.74, 6) is 0.476. The van der Waals surface area contributed by atoms with Crippen molar-refractivity contribution in [2.75, 3.05) is 0 Å². The van der Waals surface area contributed by atoms with Crippen LogP contribution in [0.25, 0.3) is 0 Å². The fourth-order valence-corrected chi connectivity index (χ4v) is 2.84. The largest absolute Gasteiger partial charge is 0.308 e. The predicted molar refractivity (Wildman–Crippen MR) is 74.6 cm³/mol. The predicted octanol–water partition coefficient (Wildman–Crippen LogP) is 4.67. The summed E-state index contributed by atoms with van der Waals surface area (Å²) in [6, 6.07) is 5.53. The van der Waals surface area contributed by atoms with Crippen LogP contribution in [0.15, 0.2) is 22.7 Å². The van der Waals surface area contributed by atoms with Crippen LogP contribution < -0.4 is 5.32 Å². The minimum atomic E-state index is -0.206. The molecule has 1 rings (SSSR count). The minimum Gasteiger partial charge on any atom is -0.308 e. The monoisotopic (exact) mass is 301 g/mol. The molecule has 0 radical (unpaired) electrons. The Labute approximate surface area is 112 Å². The molecule has 0 aromatic heterocycles. The molecule has 0 spiro atoms. The van der Waals surface area contributed by atoms with Gasteiger partial charge in [-0.3, -0.25) is 0 Å². The lowest BCUT2D eigenvalue weighted by Gasteiger charge is -2.22. The van der Waals surface area contributed by atoms with Gasteiger partial charge in [0.2, 0.25) is 0 Å². The van der Waals surface area contributed by atoms with Crippen LogP contribution in [0.2, 0.25) is 0 Å². The SMILES string of the molecule is CC(C)CC(C)NC(C)c1ccc(F)cc1Br. The van der Waals surface area contributed by atoms with E-state index >= 15 is 0 Å². The van der Waals surface area contributed by atoms with Crippen LogP contribution in [0.3, 0.4) is 0 Å². The lowest BCUT2D eigenvalue weighted by Crippen LogP contribution is -2.30. The van der Waals surface area contributed by atoms with E-state index in [1.54, 1.807) is 0 Å². The first-order valence-corrected chi connectivity index (χ1v) is 6.90. The smallest absolute Gasteiger partial charge is 0.124 e. The first-order valence-electron chi connectivity index (χ1n) is 6.11. The Morgan fingerprint density at radius 2 is 1.88 bits per heavy atom. The molecule has 96 valence electrons. The summed E-state index contributed by atoms with van der Waals surface area (Å²) in [6.07, 6.45) is 1.14. The van der Waals surface area contributed by atoms with Gasteiger partial charge in [-0.2, -0.15) is 0 Å². The summed E-state index contributed by atoms with van der Waals surface area (Å²) in [6.45, 7) is 8.73. The summed E-state index contributed by atoms with van der Waals surface area (Å²) >= 11 is 3.41. The number of halogens is 2. The van der Waals surface area contributed by atoms with E-state index in [1.807, 2.05) is 6.07 Å². The van der Waals surface area contributed by atoms with Crippen molar-refractivity contribution in [3.63, 3.8) is 0 Å². The van der Waals surface area contributed by atoms with Gasteiger partial charge in [0, 0.05) is 16.6 Å². The fraction of sp³-hybridized carbons (Fsp3) is 0.571.